The lowest BCUT2D eigenvalue weighted by Gasteiger charge is -2.05. The van der Waals surface area contributed by atoms with E-state index < -0.39 is 0 Å². The highest BCUT2D eigenvalue weighted by Gasteiger charge is 2.08. The van der Waals surface area contributed by atoms with Gasteiger partial charge < -0.3 is 5.73 Å². The quantitative estimate of drug-likeness (QED) is 0.747. The number of nitrogens with two attached hydrogens (primary N) is 1. The van der Waals surface area contributed by atoms with Gasteiger partial charge in [-0.05, 0) is 23.8 Å². The largest absolute Gasteiger partial charge is 0.375 e. The number of fused-ring (bicyclic) bond motifs is 1. The molecule has 0 aliphatic rings. The van der Waals surface area contributed by atoms with Crippen molar-refractivity contribution in [3.05, 3.63) is 48.0 Å². The van der Waals surface area contributed by atoms with Gasteiger partial charge in [0.2, 0.25) is 0 Å². The number of hydrogen-bond acceptors (Lipinski definition) is 5. The van der Waals surface area contributed by atoms with Gasteiger partial charge in [-0.3, -0.25) is 4.98 Å². The van der Waals surface area contributed by atoms with Crippen LogP contribution in [0.1, 0.15) is 5.56 Å². The van der Waals surface area contributed by atoms with E-state index in [4.69, 9.17) is 5.73 Å². The maximum atomic E-state index is 13.7. The van der Waals surface area contributed by atoms with E-state index in [1.54, 1.807) is 42.4 Å². The summed E-state index contributed by atoms with van der Waals surface area (Å²) in [6.07, 6.45) is 3.43. The van der Waals surface area contributed by atoms with Crippen LogP contribution in [0.3, 0.4) is 0 Å². The third-order valence-electron chi connectivity index (χ3n) is 2.67. The highest BCUT2D eigenvalue weighted by molar-refractivity contribution is 8.00. The zero-order valence-corrected chi connectivity index (χ0v) is 11.5. The summed E-state index contributed by atoms with van der Waals surface area (Å²) in [5, 5.41) is 1.12. The van der Waals surface area contributed by atoms with E-state index in [1.807, 2.05) is 0 Å². The van der Waals surface area contributed by atoms with Gasteiger partial charge in [-0.1, -0.05) is 17.4 Å². The minimum absolute atomic E-state index is 0.237. The van der Waals surface area contributed by atoms with Gasteiger partial charge in [-0.25, -0.2) is 9.37 Å². The standard InChI is InChI=1S/C13H10FN3S2/c14-10-4-3-8(12-9(10)2-1-5-16-12)7-18-11-6-17-13(15)19-11/h1-6H,7H2,(H2,15,17). The van der Waals surface area contributed by atoms with Crippen LogP contribution >= 0.6 is 23.1 Å². The minimum atomic E-state index is -0.237. The zero-order valence-electron chi connectivity index (χ0n) is 9.84. The molecule has 19 heavy (non-hydrogen) atoms. The summed E-state index contributed by atoms with van der Waals surface area (Å²) in [6.45, 7) is 0. The van der Waals surface area contributed by atoms with Crippen molar-refractivity contribution >= 4 is 39.1 Å². The molecular formula is C13H10FN3S2. The van der Waals surface area contributed by atoms with Crippen LogP contribution in [0.4, 0.5) is 9.52 Å². The molecule has 1 aromatic carbocycles. The Bertz CT molecular complexity index is 727. The fraction of sp³-hybridized carbons (Fsp3) is 0.0769. The number of aromatic nitrogens is 2. The lowest BCUT2D eigenvalue weighted by atomic mass is 10.1. The monoisotopic (exact) mass is 291 g/mol. The number of rotatable bonds is 3. The maximum Gasteiger partial charge on any atom is 0.181 e. The predicted molar refractivity (Wildman–Crippen MR) is 77.8 cm³/mol. The van der Waals surface area contributed by atoms with Gasteiger partial charge in [0.1, 0.15) is 5.82 Å². The Morgan fingerprint density at radius 3 is 2.95 bits per heavy atom. The smallest absolute Gasteiger partial charge is 0.181 e. The second-order valence-electron chi connectivity index (χ2n) is 3.91. The molecule has 2 heterocycles. The Morgan fingerprint density at radius 2 is 2.16 bits per heavy atom. The molecule has 0 fully saturated rings. The van der Waals surface area contributed by atoms with Gasteiger partial charge in [0, 0.05) is 17.3 Å². The van der Waals surface area contributed by atoms with Crippen molar-refractivity contribution < 1.29 is 4.39 Å². The van der Waals surface area contributed by atoms with Crippen molar-refractivity contribution in [1.29, 1.82) is 0 Å². The Labute approximate surface area is 117 Å². The number of pyridine rings is 1. The third kappa shape index (κ3) is 2.54. The van der Waals surface area contributed by atoms with Crippen molar-refractivity contribution in [3.8, 4) is 0 Å². The molecule has 2 aromatic heterocycles. The van der Waals surface area contributed by atoms with E-state index >= 15 is 0 Å². The number of anilines is 1. The first-order chi connectivity index (χ1) is 9.24. The van der Waals surface area contributed by atoms with Crippen LogP contribution in [0.25, 0.3) is 10.9 Å². The summed E-state index contributed by atoms with van der Waals surface area (Å²) in [7, 11) is 0. The van der Waals surface area contributed by atoms with Crippen LogP contribution < -0.4 is 5.73 Å². The molecule has 96 valence electrons. The SMILES string of the molecule is Nc1ncc(SCc2ccc(F)c3cccnc23)s1. The molecule has 0 amide bonds. The molecule has 2 N–H and O–H groups in total. The number of benzene rings is 1. The topological polar surface area (TPSA) is 51.8 Å². The maximum absolute atomic E-state index is 13.7. The molecule has 3 nitrogen and oxygen atoms in total. The van der Waals surface area contributed by atoms with Crippen LogP contribution in [0.5, 0.6) is 0 Å². The number of thiazole rings is 1. The fourth-order valence-electron chi connectivity index (χ4n) is 1.80. The number of thioether (sulfide) groups is 1. The molecule has 6 heteroatoms. The molecule has 0 atom stereocenters. The van der Waals surface area contributed by atoms with Crippen LogP contribution in [-0.2, 0) is 5.75 Å². The van der Waals surface area contributed by atoms with Gasteiger partial charge in [0.15, 0.2) is 5.13 Å². The first-order valence-electron chi connectivity index (χ1n) is 5.60. The second kappa shape index (κ2) is 5.14. The van der Waals surface area contributed by atoms with Crippen LogP contribution in [-0.4, -0.2) is 9.97 Å². The molecule has 0 unspecified atom stereocenters. The van der Waals surface area contributed by atoms with Gasteiger partial charge >= 0.3 is 0 Å². The predicted octanol–water partition coefficient (Wildman–Crippen LogP) is 3.70. The summed E-state index contributed by atoms with van der Waals surface area (Å²) in [6, 6.07) is 6.76. The molecule has 3 aromatic rings. The van der Waals surface area contributed by atoms with E-state index in [9.17, 15) is 4.39 Å². The first-order valence-corrected chi connectivity index (χ1v) is 7.40. The average Bonchev–Trinajstić information content (AvgIpc) is 2.84. The Kier molecular flexibility index (Phi) is 3.35. The summed E-state index contributed by atoms with van der Waals surface area (Å²) >= 11 is 3.08. The van der Waals surface area contributed by atoms with Gasteiger partial charge in [0.25, 0.3) is 0 Å². The molecule has 0 aliphatic carbocycles. The van der Waals surface area contributed by atoms with Crippen molar-refractivity contribution in [1.82, 2.24) is 9.97 Å². The molecule has 0 aliphatic heterocycles. The van der Waals surface area contributed by atoms with Crippen molar-refractivity contribution in [2.45, 2.75) is 9.96 Å². The summed E-state index contributed by atoms with van der Waals surface area (Å²) in [5.41, 5.74) is 7.31. The van der Waals surface area contributed by atoms with Crippen molar-refractivity contribution in [3.63, 3.8) is 0 Å². The number of hydrogen-bond donors (Lipinski definition) is 1. The van der Waals surface area contributed by atoms with E-state index in [1.165, 1.54) is 17.4 Å². The normalized spacial score (nSPS) is 11.0. The molecule has 0 saturated heterocycles. The van der Waals surface area contributed by atoms with Crippen molar-refractivity contribution in [2.24, 2.45) is 0 Å². The third-order valence-corrected chi connectivity index (χ3v) is 4.74. The molecule has 0 saturated carbocycles. The highest BCUT2D eigenvalue weighted by Crippen LogP contribution is 2.31. The van der Waals surface area contributed by atoms with Crippen LogP contribution in [0, 0.1) is 5.82 Å². The summed E-state index contributed by atoms with van der Waals surface area (Å²) in [4.78, 5) is 8.27. The number of nitrogens with zero attached hydrogens (tertiary/aromatic N) is 2. The number of halogens is 1. The second-order valence-corrected chi connectivity index (χ2v) is 6.25. The molecule has 0 radical (unpaired) electrons. The molecular weight excluding hydrogens is 281 g/mol. The van der Waals surface area contributed by atoms with Gasteiger partial charge in [-0.2, -0.15) is 0 Å². The average molecular weight is 291 g/mol. The van der Waals surface area contributed by atoms with Crippen LogP contribution in [0.2, 0.25) is 0 Å². The van der Waals surface area contributed by atoms with Gasteiger partial charge in [0.05, 0.1) is 15.9 Å². The molecule has 3 rings (SSSR count). The lowest BCUT2D eigenvalue weighted by Crippen LogP contribution is -1.89. The summed E-state index contributed by atoms with van der Waals surface area (Å²) in [5.74, 6) is 0.481. The van der Waals surface area contributed by atoms with E-state index in [0.29, 0.717) is 16.0 Å². The van der Waals surface area contributed by atoms with E-state index in [2.05, 4.69) is 9.97 Å². The van der Waals surface area contributed by atoms with Crippen LogP contribution in [0.15, 0.2) is 40.9 Å². The fourth-order valence-corrected chi connectivity index (χ4v) is 3.54. The Balaban J connectivity index is 1.91. The Hall–Kier alpha value is -1.66. The van der Waals surface area contributed by atoms with Gasteiger partial charge in [-0.15, -0.1) is 11.8 Å². The van der Waals surface area contributed by atoms with Crippen molar-refractivity contribution in [2.75, 3.05) is 5.73 Å². The first kappa shape index (κ1) is 12.4. The van der Waals surface area contributed by atoms with E-state index in [0.717, 1.165) is 15.5 Å². The van der Waals surface area contributed by atoms with E-state index in [-0.39, 0.29) is 5.82 Å². The highest BCUT2D eigenvalue weighted by atomic mass is 32.2. The zero-order chi connectivity index (χ0) is 13.2. The molecule has 0 bridgehead atoms. The summed E-state index contributed by atoms with van der Waals surface area (Å²) < 4.78 is 14.7. The minimum Gasteiger partial charge on any atom is -0.375 e. The number of nitrogen functional groups attached to an aromatic ring is 1. The molecule has 0 spiro atoms. The lowest BCUT2D eigenvalue weighted by molar-refractivity contribution is 0.639. The Morgan fingerprint density at radius 1 is 1.26 bits per heavy atom.